The van der Waals surface area contributed by atoms with E-state index in [2.05, 4.69) is 27.9 Å². The zero-order chi connectivity index (χ0) is 21.7. The lowest BCUT2D eigenvalue weighted by Gasteiger charge is -2.30. The number of carbonyl (C=O) groups excluding carboxylic acids is 2. The number of benzene rings is 2. The van der Waals surface area contributed by atoms with Gasteiger partial charge in [-0.2, -0.15) is 0 Å². The predicted octanol–water partition coefficient (Wildman–Crippen LogP) is 4.40. The summed E-state index contributed by atoms with van der Waals surface area (Å²) in [5.41, 5.74) is 5.10. The fourth-order valence-corrected chi connectivity index (χ4v) is 4.62. The van der Waals surface area contributed by atoms with Gasteiger partial charge in [0.1, 0.15) is 11.9 Å². The van der Waals surface area contributed by atoms with Crippen LogP contribution in [0.15, 0.2) is 42.6 Å². The third kappa shape index (κ3) is 3.70. The van der Waals surface area contributed by atoms with Crippen LogP contribution in [-0.4, -0.2) is 32.7 Å². The molecule has 2 N–H and O–H groups in total. The number of carbonyl (C=O) groups is 2. The molecule has 1 unspecified atom stereocenters. The number of nitrogens with one attached hydrogen (secondary N) is 2. The van der Waals surface area contributed by atoms with Gasteiger partial charge in [0, 0.05) is 24.2 Å². The van der Waals surface area contributed by atoms with E-state index in [1.54, 1.807) is 17.0 Å². The summed E-state index contributed by atoms with van der Waals surface area (Å²) in [7, 11) is 0. The summed E-state index contributed by atoms with van der Waals surface area (Å²) in [4.78, 5) is 34.7. The highest BCUT2D eigenvalue weighted by molar-refractivity contribution is 6.42. The van der Waals surface area contributed by atoms with Crippen LogP contribution in [0.5, 0.6) is 0 Å². The van der Waals surface area contributed by atoms with Gasteiger partial charge in [0.25, 0.3) is 5.91 Å². The van der Waals surface area contributed by atoms with Crippen molar-refractivity contribution in [1.82, 2.24) is 20.2 Å². The second kappa shape index (κ2) is 7.70. The molecule has 31 heavy (non-hydrogen) atoms. The molecule has 3 aromatic rings. The number of piperidine rings is 1. The van der Waals surface area contributed by atoms with Crippen molar-refractivity contribution >= 4 is 46.0 Å². The van der Waals surface area contributed by atoms with Crippen LogP contribution in [-0.2, 0) is 24.2 Å². The minimum atomic E-state index is -0.442. The maximum absolute atomic E-state index is 12.9. The van der Waals surface area contributed by atoms with E-state index >= 15 is 0 Å². The number of rotatable bonds is 4. The molecule has 1 saturated heterocycles. The minimum Gasteiger partial charge on any atom is -0.342 e. The van der Waals surface area contributed by atoms with Crippen molar-refractivity contribution < 1.29 is 9.59 Å². The number of H-pyrrole nitrogens is 1. The average molecular weight is 455 g/mol. The zero-order valence-corrected chi connectivity index (χ0v) is 18.2. The van der Waals surface area contributed by atoms with Gasteiger partial charge in [-0.15, -0.1) is 0 Å². The Balaban J connectivity index is 1.30. The van der Waals surface area contributed by atoms with Crippen molar-refractivity contribution in [1.29, 1.82) is 0 Å². The number of aryl methyl sites for hydroxylation is 2. The molecule has 0 aliphatic carbocycles. The van der Waals surface area contributed by atoms with E-state index in [-0.39, 0.29) is 11.8 Å². The number of aromatic nitrogens is 2. The monoisotopic (exact) mass is 454 g/mol. The lowest BCUT2D eigenvalue weighted by molar-refractivity contribution is -0.126. The van der Waals surface area contributed by atoms with Gasteiger partial charge in [-0.1, -0.05) is 41.9 Å². The molecule has 158 valence electrons. The van der Waals surface area contributed by atoms with Gasteiger partial charge in [0.2, 0.25) is 5.91 Å². The van der Waals surface area contributed by atoms with Crippen molar-refractivity contribution in [2.24, 2.45) is 0 Å². The lowest BCUT2D eigenvalue weighted by Crippen LogP contribution is -2.49. The minimum absolute atomic E-state index is 0.0831. The fraction of sp³-hybridized carbons (Fsp3) is 0.261. The zero-order valence-electron chi connectivity index (χ0n) is 16.7. The van der Waals surface area contributed by atoms with Crippen LogP contribution in [0.1, 0.15) is 40.2 Å². The highest BCUT2D eigenvalue weighted by Crippen LogP contribution is 2.30. The molecule has 3 heterocycles. The quantitative estimate of drug-likeness (QED) is 0.612. The Hall–Kier alpha value is -2.83. The second-order valence-electron chi connectivity index (χ2n) is 8.04. The van der Waals surface area contributed by atoms with Gasteiger partial charge < -0.3 is 15.2 Å². The smallest absolute Gasteiger partial charge is 0.255 e. The molecule has 2 aromatic carbocycles. The molecule has 8 heteroatoms. The van der Waals surface area contributed by atoms with Gasteiger partial charge in [0.05, 0.1) is 21.1 Å². The summed E-state index contributed by atoms with van der Waals surface area (Å²) < 4.78 is 0. The molecule has 2 aliphatic rings. The maximum Gasteiger partial charge on any atom is 0.255 e. The summed E-state index contributed by atoms with van der Waals surface area (Å²) in [5.74, 6) is 0.619. The first-order valence-corrected chi connectivity index (χ1v) is 10.9. The highest BCUT2D eigenvalue weighted by Gasteiger charge is 2.38. The van der Waals surface area contributed by atoms with Crippen molar-refractivity contribution in [2.75, 3.05) is 0 Å². The first-order chi connectivity index (χ1) is 14.9. The average Bonchev–Trinajstić information content (AvgIpc) is 3.27. The van der Waals surface area contributed by atoms with Gasteiger partial charge >= 0.3 is 0 Å². The molecule has 0 saturated carbocycles. The molecule has 2 amide bonds. The molecule has 1 fully saturated rings. The Bertz CT molecular complexity index is 1210. The second-order valence-corrected chi connectivity index (χ2v) is 8.85. The van der Waals surface area contributed by atoms with Crippen LogP contribution in [0.2, 0.25) is 10.0 Å². The lowest BCUT2D eigenvalue weighted by atomic mass is 10.0. The number of amides is 2. The summed E-state index contributed by atoms with van der Waals surface area (Å²) in [6.07, 6.45) is 2.78. The molecule has 0 radical (unpaired) electrons. The van der Waals surface area contributed by atoms with E-state index in [9.17, 15) is 9.59 Å². The number of fused-ring (bicyclic) bond motifs is 2. The summed E-state index contributed by atoms with van der Waals surface area (Å²) in [6.45, 7) is 4.26. The van der Waals surface area contributed by atoms with Crippen molar-refractivity contribution in [3.63, 3.8) is 0 Å². The number of nitrogens with zero attached hydrogens (tertiary/aromatic N) is 2. The van der Waals surface area contributed by atoms with Gasteiger partial charge in [-0.05, 0) is 48.6 Å². The molecule has 5 rings (SSSR count). The van der Waals surface area contributed by atoms with Crippen LogP contribution in [0.3, 0.4) is 0 Å². The molecule has 0 spiro atoms. The molecule has 1 atom stereocenters. The van der Waals surface area contributed by atoms with Crippen LogP contribution < -0.4 is 5.32 Å². The molecular formula is C23H20Cl2N4O2. The SMILES string of the molecule is C=C1CCC(N2Cc3cc(CCc4nc5cc(Cl)c(Cl)cc5[nH]4)ccc3C2=O)C(=O)N1. The Morgan fingerprint density at radius 1 is 1.13 bits per heavy atom. The Labute approximate surface area is 189 Å². The van der Waals surface area contributed by atoms with Crippen LogP contribution in [0.25, 0.3) is 11.0 Å². The normalized spacial score (nSPS) is 18.6. The number of aromatic amines is 1. The van der Waals surface area contributed by atoms with Gasteiger partial charge in [0.15, 0.2) is 0 Å². The number of halogens is 2. The van der Waals surface area contributed by atoms with E-state index in [0.717, 1.165) is 34.4 Å². The number of imidazole rings is 1. The summed E-state index contributed by atoms with van der Waals surface area (Å²) >= 11 is 12.2. The van der Waals surface area contributed by atoms with E-state index in [1.807, 2.05) is 12.1 Å². The Morgan fingerprint density at radius 3 is 2.74 bits per heavy atom. The first-order valence-electron chi connectivity index (χ1n) is 10.1. The van der Waals surface area contributed by atoms with E-state index in [1.165, 1.54) is 0 Å². The molecule has 2 aliphatic heterocycles. The largest absolute Gasteiger partial charge is 0.342 e. The number of hydrogen-bond acceptors (Lipinski definition) is 3. The molecule has 6 nitrogen and oxygen atoms in total. The van der Waals surface area contributed by atoms with E-state index < -0.39 is 6.04 Å². The van der Waals surface area contributed by atoms with Crippen molar-refractivity contribution in [2.45, 2.75) is 38.3 Å². The van der Waals surface area contributed by atoms with E-state index in [0.29, 0.717) is 47.1 Å². The van der Waals surface area contributed by atoms with Crippen LogP contribution in [0, 0.1) is 0 Å². The third-order valence-electron chi connectivity index (χ3n) is 5.92. The molecular weight excluding hydrogens is 435 g/mol. The Morgan fingerprint density at radius 2 is 1.94 bits per heavy atom. The van der Waals surface area contributed by atoms with Crippen molar-refractivity contribution in [3.8, 4) is 0 Å². The topological polar surface area (TPSA) is 78.1 Å². The fourth-order valence-electron chi connectivity index (χ4n) is 4.30. The van der Waals surface area contributed by atoms with Crippen LogP contribution in [0.4, 0.5) is 0 Å². The van der Waals surface area contributed by atoms with Crippen LogP contribution >= 0.6 is 23.2 Å². The number of allylic oxidation sites excluding steroid dienone is 1. The summed E-state index contributed by atoms with van der Waals surface area (Å²) in [6, 6.07) is 8.99. The molecule has 1 aromatic heterocycles. The highest BCUT2D eigenvalue weighted by atomic mass is 35.5. The van der Waals surface area contributed by atoms with Gasteiger partial charge in [-0.3, -0.25) is 9.59 Å². The molecule has 0 bridgehead atoms. The van der Waals surface area contributed by atoms with E-state index in [4.69, 9.17) is 23.2 Å². The predicted molar refractivity (Wildman–Crippen MR) is 120 cm³/mol. The number of hydrogen-bond donors (Lipinski definition) is 2. The third-order valence-corrected chi connectivity index (χ3v) is 6.65. The van der Waals surface area contributed by atoms with Crippen molar-refractivity contribution in [3.05, 3.63) is 75.2 Å². The standard InChI is InChI=1S/C23H20Cl2N4O2/c1-12-2-6-20(22(30)26-12)29-11-14-8-13(3-5-15(14)23(29)31)4-7-21-27-18-9-16(24)17(25)10-19(18)28-21/h3,5,8-10,20H,1-2,4,6-7,11H2,(H,26,30)(H,27,28). The maximum atomic E-state index is 12.9. The van der Waals surface area contributed by atoms with Gasteiger partial charge in [-0.25, -0.2) is 4.98 Å². The first kappa shape index (κ1) is 20.1. The summed E-state index contributed by atoms with van der Waals surface area (Å²) in [5, 5.41) is 3.74. The Kier molecular flexibility index (Phi) is 4.99.